The fourth-order valence-corrected chi connectivity index (χ4v) is 4.23. The van der Waals surface area contributed by atoms with Gasteiger partial charge in [-0.05, 0) is 55.0 Å². The van der Waals surface area contributed by atoms with Crippen LogP contribution in [0.5, 0.6) is 0 Å². The number of hydrogen-bond acceptors (Lipinski definition) is 3. The first-order valence-electron chi connectivity index (χ1n) is 8.73. The highest BCUT2D eigenvalue weighted by Gasteiger charge is 2.17. The topological polar surface area (TPSA) is 34.9 Å². The molecule has 0 aliphatic heterocycles. The van der Waals surface area contributed by atoms with Gasteiger partial charge in [-0.1, -0.05) is 53.7 Å². The summed E-state index contributed by atoms with van der Waals surface area (Å²) in [5, 5.41) is 1.61. The molecule has 3 nitrogen and oxygen atoms in total. The highest BCUT2D eigenvalue weighted by Crippen LogP contribution is 2.35. The zero-order chi connectivity index (χ0) is 19.7. The van der Waals surface area contributed by atoms with E-state index in [2.05, 4.69) is 0 Å². The maximum atomic E-state index is 13.3. The van der Waals surface area contributed by atoms with Crippen LogP contribution in [-0.2, 0) is 0 Å². The molecule has 0 amide bonds. The second-order valence-electron chi connectivity index (χ2n) is 6.34. The van der Waals surface area contributed by atoms with E-state index < -0.39 is 0 Å². The SMILES string of the molecule is C[C@H](Sc1nc2ccccc2c(=O)n1-c1cccc(Cl)c1)c1ccc(F)cc1. The lowest BCUT2D eigenvalue weighted by Gasteiger charge is -2.17. The number of fused-ring (bicyclic) bond motifs is 1. The number of nitrogens with zero attached hydrogens (tertiary/aromatic N) is 2. The minimum absolute atomic E-state index is 0.0286. The quantitative estimate of drug-likeness (QED) is 0.304. The van der Waals surface area contributed by atoms with Gasteiger partial charge in [0.15, 0.2) is 5.16 Å². The molecule has 0 fully saturated rings. The van der Waals surface area contributed by atoms with Crippen LogP contribution < -0.4 is 5.56 Å². The fourth-order valence-electron chi connectivity index (χ4n) is 2.99. The smallest absolute Gasteiger partial charge is 0.266 e. The second kappa shape index (κ2) is 7.78. The zero-order valence-electron chi connectivity index (χ0n) is 15.0. The predicted molar refractivity (Wildman–Crippen MR) is 113 cm³/mol. The Hall–Kier alpha value is -2.63. The van der Waals surface area contributed by atoms with Gasteiger partial charge in [0.05, 0.1) is 16.6 Å². The van der Waals surface area contributed by atoms with E-state index >= 15 is 0 Å². The summed E-state index contributed by atoms with van der Waals surface area (Å²) in [6.45, 7) is 2.00. The molecule has 0 aliphatic carbocycles. The van der Waals surface area contributed by atoms with E-state index in [0.717, 1.165) is 5.56 Å². The molecule has 0 spiro atoms. The van der Waals surface area contributed by atoms with Crippen molar-refractivity contribution in [2.75, 3.05) is 0 Å². The molecule has 0 aliphatic rings. The van der Waals surface area contributed by atoms with Crippen molar-refractivity contribution in [2.45, 2.75) is 17.3 Å². The molecule has 0 bridgehead atoms. The molecule has 1 heterocycles. The summed E-state index contributed by atoms with van der Waals surface area (Å²) in [4.78, 5) is 18.0. The van der Waals surface area contributed by atoms with Crippen LogP contribution in [0.2, 0.25) is 5.02 Å². The van der Waals surface area contributed by atoms with Crippen LogP contribution in [0.15, 0.2) is 82.7 Å². The van der Waals surface area contributed by atoms with E-state index in [1.807, 2.05) is 31.2 Å². The van der Waals surface area contributed by atoms with Crippen molar-refractivity contribution < 1.29 is 4.39 Å². The van der Waals surface area contributed by atoms with Gasteiger partial charge in [0, 0.05) is 10.3 Å². The molecule has 0 unspecified atom stereocenters. The Morgan fingerprint density at radius 2 is 1.79 bits per heavy atom. The van der Waals surface area contributed by atoms with E-state index in [9.17, 15) is 9.18 Å². The van der Waals surface area contributed by atoms with Gasteiger partial charge in [-0.2, -0.15) is 0 Å². The standard InChI is InChI=1S/C22H16ClFN2OS/c1-14(15-9-11-17(24)12-10-15)28-22-25-20-8-3-2-7-19(20)21(27)26(22)18-6-4-5-16(23)13-18/h2-14H,1H3/t14-/m0/s1. The van der Waals surface area contributed by atoms with Crippen molar-refractivity contribution in [3.05, 3.63) is 99.6 Å². The van der Waals surface area contributed by atoms with Crippen LogP contribution in [0, 0.1) is 5.82 Å². The van der Waals surface area contributed by atoms with Crippen molar-refractivity contribution in [2.24, 2.45) is 0 Å². The molecular weight excluding hydrogens is 395 g/mol. The van der Waals surface area contributed by atoms with Gasteiger partial charge in [0.2, 0.25) is 0 Å². The van der Waals surface area contributed by atoms with Gasteiger partial charge in [0.25, 0.3) is 5.56 Å². The molecule has 1 atom stereocenters. The van der Waals surface area contributed by atoms with E-state index in [4.69, 9.17) is 16.6 Å². The van der Waals surface area contributed by atoms with E-state index in [1.54, 1.807) is 41.0 Å². The van der Waals surface area contributed by atoms with Crippen molar-refractivity contribution in [1.29, 1.82) is 0 Å². The highest BCUT2D eigenvalue weighted by atomic mass is 35.5. The summed E-state index contributed by atoms with van der Waals surface area (Å²) in [5.41, 5.74) is 2.09. The highest BCUT2D eigenvalue weighted by molar-refractivity contribution is 7.99. The van der Waals surface area contributed by atoms with E-state index in [0.29, 0.717) is 26.8 Å². The van der Waals surface area contributed by atoms with Crippen LogP contribution in [0.3, 0.4) is 0 Å². The van der Waals surface area contributed by atoms with Gasteiger partial charge in [-0.3, -0.25) is 9.36 Å². The molecule has 0 radical (unpaired) electrons. The number of benzene rings is 3. The van der Waals surface area contributed by atoms with Gasteiger partial charge < -0.3 is 0 Å². The Balaban J connectivity index is 1.87. The molecule has 28 heavy (non-hydrogen) atoms. The summed E-state index contributed by atoms with van der Waals surface area (Å²) >= 11 is 7.60. The van der Waals surface area contributed by atoms with Crippen molar-refractivity contribution in [1.82, 2.24) is 9.55 Å². The Morgan fingerprint density at radius 1 is 1.04 bits per heavy atom. The van der Waals surface area contributed by atoms with Crippen molar-refractivity contribution >= 4 is 34.3 Å². The number of aromatic nitrogens is 2. The molecule has 0 N–H and O–H groups in total. The molecule has 4 aromatic rings. The number of thioether (sulfide) groups is 1. The first-order chi connectivity index (χ1) is 13.5. The summed E-state index contributed by atoms with van der Waals surface area (Å²) in [7, 11) is 0. The summed E-state index contributed by atoms with van der Waals surface area (Å²) in [6, 6.07) is 20.8. The predicted octanol–water partition coefficient (Wildman–Crippen LogP) is 6.03. The van der Waals surface area contributed by atoms with Crippen LogP contribution in [-0.4, -0.2) is 9.55 Å². The first-order valence-corrected chi connectivity index (χ1v) is 9.98. The average molecular weight is 411 g/mol. The van der Waals surface area contributed by atoms with E-state index in [1.165, 1.54) is 23.9 Å². The molecule has 6 heteroatoms. The average Bonchev–Trinajstić information content (AvgIpc) is 2.68. The minimum atomic E-state index is -0.277. The first kappa shape index (κ1) is 18.7. The number of hydrogen-bond donors (Lipinski definition) is 0. The lowest BCUT2D eigenvalue weighted by Crippen LogP contribution is -2.22. The Kier molecular flexibility index (Phi) is 5.20. The molecule has 1 aromatic heterocycles. The van der Waals surface area contributed by atoms with Crippen LogP contribution >= 0.6 is 23.4 Å². The van der Waals surface area contributed by atoms with Crippen molar-refractivity contribution in [3.63, 3.8) is 0 Å². The Morgan fingerprint density at radius 3 is 2.54 bits per heavy atom. The summed E-state index contributed by atoms with van der Waals surface area (Å²) in [6.07, 6.45) is 0. The van der Waals surface area contributed by atoms with Crippen LogP contribution in [0.4, 0.5) is 4.39 Å². The minimum Gasteiger partial charge on any atom is -0.268 e. The van der Waals surface area contributed by atoms with Gasteiger partial charge in [-0.15, -0.1) is 0 Å². The van der Waals surface area contributed by atoms with Gasteiger partial charge in [0.1, 0.15) is 5.82 Å². The molecular formula is C22H16ClFN2OS. The largest absolute Gasteiger partial charge is 0.268 e. The van der Waals surface area contributed by atoms with E-state index in [-0.39, 0.29) is 16.6 Å². The second-order valence-corrected chi connectivity index (χ2v) is 8.09. The molecule has 4 rings (SSSR count). The van der Waals surface area contributed by atoms with Gasteiger partial charge in [-0.25, -0.2) is 9.37 Å². The third-order valence-electron chi connectivity index (χ3n) is 4.43. The number of rotatable bonds is 4. The summed E-state index contributed by atoms with van der Waals surface area (Å²) < 4.78 is 14.8. The monoisotopic (exact) mass is 410 g/mol. The maximum Gasteiger partial charge on any atom is 0.266 e. The lowest BCUT2D eigenvalue weighted by atomic mass is 10.2. The normalized spacial score (nSPS) is 12.2. The molecule has 0 saturated heterocycles. The number of para-hydroxylation sites is 1. The van der Waals surface area contributed by atoms with Crippen molar-refractivity contribution in [3.8, 4) is 5.69 Å². The Bertz CT molecular complexity index is 1210. The third-order valence-corrected chi connectivity index (χ3v) is 5.78. The Labute approximate surface area is 170 Å². The number of halogens is 2. The molecule has 140 valence electrons. The molecule has 3 aromatic carbocycles. The van der Waals surface area contributed by atoms with Crippen LogP contribution in [0.25, 0.3) is 16.6 Å². The fraction of sp³-hybridized carbons (Fsp3) is 0.0909. The third kappa shape index (κ3) is 3.68. The molecule has 0 saturated carbocycles. The van der Waals surface area contributed by atoms with Crippen LogP contribution in [0.1, 0.15) is 17.7 Å². The summed E-state index contributed by atoms with van der Waals surface area (Å²) in [5.74, 6) is -0.277. The lowest BCUT2D eigenvalue weighted by molar-refractivity contribution is 0.627. The maximum absolute atomic E-state index is 13.3. The van der Waals surface area contributed by atoms with Gasteiger partial charge >= 0.3 is 0 Å². The zero-order valence-corrected chi connectivity index (χ0v) is 16.5.